The van der Waals surface area contributed by atoms with Gasteiger partial charge in [0.25, 0.3) is 0 Å². The predicted molar refractivity (Wildman–Crippen MR) is 60.4 cm³/mol. The molecule has 1 N–H and O–H groups in total. The van der Waals surface area contributed by atoms with E-state index in [9.17, 15) is 5.11 Å². The van der Waals surface area contributed by atoms with Crippen LogP contribution in [-0.4, -0.2) is 5.11 Å². The van der Waals surface area contributed by atoms with Crippen molar-refractivity contribution >= 4 is 11.3 Å². The summed E-state index contributed by atoms with van der Waals surface area (Å²) in [7, 11) is 0. The van der Waals surface area contributed by atoms with Gasteiger partial charge in [0.1, 0.15) is 5.60 Å². The van der Waals surface area contributed by atoms with E-state index in [0.717, 1.165) is 30.1 Å². The summed E-state index contributed by atoms with van der Waals surface area (Å²) in [6.45, 7) is 4.46. The second-order valence-corrected chi connectivity index (χ2v) is 5.63. The minimum absolute atomic E-state index is 0.393. The van der Waals surface area contributed by atoms with Gasteiger partial charge in [0.2, 0.25) is 0 Å². The van der Waals surface area contributed by atoms with Crippen molar-refractivity contribution in [3.63, 3.8) is 0 Å². The Kier molecular flexibility index (Phi) is 2.67. The Balaban J connectivity index is 2.23. The number of hydrogen-bond acceptors (Lipinski definition) is 2. The van der Waals surface area contributed by atoms with Crippen LogP contribution in [0, 0.1) is 11.8 Å². The van der Waals surface area contributed by atoms with Gasteiger partial charge in [0.05, 0.1) is 0 Å². The van der Waals surface area contributed by atoms with Crippen LogP contribution in [0.3, 0.4) is 0 Å². The van der Waals surface area contributed by atoms with Crippen LogP contribution in [0.5, 0.6) is 0 Å². The molecule has 1 aromatic heterocycles. The van der Waals surface area contributed by atoms with E-state index in [-0.39, 0.29) is 0 Å². The molecule has 1 heterocycles. The molecule has 1 aromatic rings. The number of aliphatic hydroxyl groups is 1. The molecule has 1 aliphatic carbocycles. The molecule has 14 heavy (non-hydrogen) atoms. The van der Waals surface area contributed by atoms with Crippen molar-refractivity contribution in [1.82, 2.24) is 0 Å². The Morgan fingerprint density at radius 1 is 1.50 bits per heavy atom. The van der Waals surface area contributed by atoms with Crippen LogP contribution in [0.4, 0.5) is 0 Å². The lowest BCUT2D eigenvalue weighted by Gasteiger charge is -2.40. The summed E-state index contributed by atoms with van der Waals surface area (Å²) < 4.78 is 0. The average Bonchev–Trinajstić information content (AvgIpc) is 2.65. The van der Waals surface area contributed by atoms with Crippen molar-refractivity contribution in [2.24, 2.45) is 11.8 Å². The second kappa shape index (κ2) is 3.67. The molecule has 1 aliphatic rings. The lowest BCUT2D eigenvalue weighted by molar-refractivity contribution is -0.0557. The summed E-state index contributed by atoms with van der Waals surface area (Å²) in [4.78, 5) is 1.15. The van der Waals surface area contributed by atoms with Gasteiger partial charge in [-0.25, -0.2) is 0 Å². The third-order valence-corrected chi connectivity index (χ3v) is 4.57. The van der Waals surface area contributed by atoms with E-state index in [4.69, 9.17) is 0 Å². The maximum atomic E-state index is 10.6. The fourth-order valence-corrected chi connectivity index (χ4v) is 3.49. The molecule has 1 nitrogen and oxygen atoms in total. The minimum atomic E-state index is -0.541. The van der Waals surface area contributed by atoms with Gasteiger partial charge >= 0.3 is 0 Å². The standard InChI is InChI=1S/C12H18OS/c1-9-5-6-12(13,10(2)8-9)11-4-3-7-14-11/h3-4,7,9-10,13H,5-6,8H2,1-2H3. The molecule has 0 saturated heterocycles. The molecule has 78 valence electrons. The molecule has 3 atom stereocenters. The average molecular weight is 210 g/mol. The molecule has 2 rings (SSSR count). The maximum absolute atomic E-state index is 10.6. The van der Waals surface area contributed by atoms with Gasteiger partial charge in [0, 0.05) is 4.88 Å². The summed E-state index contributed by atoms with van der Waals surface area (Å²) in [5.74, 6) is 1.16. The Bertz CT molecular complexity index is 293. The molecule has 0 spiro atoms. The van der Waals surface area contributed by atoms with E-state index in [2.05, 4.69) is 25.3 Å². The number of hydrogen-bond donors (Lipinski definition) is 1. The van der Waals surface area contributed by atoms with E-state index in [1.807, 2.05) is 6.07 Å². The third kappa shape index (κ3) is 1.61. The van der Waals surface area contributed by atoms with Crippen LogP contribution in [0.25, 0.3) is 0 Å². The molecule has 0 bridgehead atoms. The van der Waals surface area contributed by atoms with Crippen LogP contribution >= 0.6 is 11.3 Å². The quantitative estimate of drug-likeness (QED) is 0.753. The Morgan fingerprint density at radius 3 is 2.86 bits per heavy atom. The molecule has 0 aliphatic heterocycles. The zero-order chi connectivity index (χ0) is 10.2. The van der Waals surface area contributed by atoms with E-state index >= 15 is 0 Å². The van der Waals surface area contributed by atoms with Crippen LogP contribution in [0.1, 0.15) is 38.0 Å². The first-order valence-corrected chi connectivity index (χ1v) is 6.27. The highest BCUT2D eigenvalue weighted by Crippen LogP contribution is 2.44. The molecule has 1 fully saturated rings. The van der Waals surface area contributed by atoms with Crippen molar-refractivity contribution in [2.75, 3.05) is 0 Å². The highest BCUT2D eigenvalue weighted by Gasteiger charge is 2.40. The van der Waals surface area contributed by atoms with Crippen LogP contribution in [0.15, 0.2) is 17.5 Å². The summed E-state index contributed by atoms with van der Waals surface area (Å²) >= 11 is 1.68. The number of rotatable bonds is 1. The van der Waals surface area contributed by atoms with Gasteiger partial charge in [-0.3, -0.25) is 0 Å². The zero-order valence-electron chi connectivity index (χ0n) is 8.86. The summed E-state index contributed by atoms with van der Waals surface area (Å²) in [6, 6.07) is 4.10. The predicted octanol–water partition coefficient (Wildman–Crippen LogP) is 3.39. The second-order valence-electron chi connectivity index (χ2n) is 4.68. The fourth-order valence-electron chi connectivity index (χ4n) is 2.52. The summed E-state index contributed by atoms with van der Waals surface area (Å²) in [6.07, 6.45) is 3.23. The third-order valence-electron chi connectivity index (χ3n) is 3.54. The Morgan fingerprint density at radius 2 is 2.29 bits per heavy atom. The van der Waals surface area contributed by atoms with Crippen molar-refractivity contribution in [1.29, 1.82) is 0 Å². The normalized spacial score (nSPS) is 38.5. The maximum Gasteiger partial charge on any atom is 0.101 e. The fraction of sp³-hybridized carbons (Fsp3) is 0.667. The zero-order valence-corrected chi connectivity index (χ0v) is 9.68. The minimum Gasteiger partial charge on any atom is -0.384 e. The Hall–Kier alpha value is -0.340. The molecular weight excluding hydrogens is 192 g/mol. The molecule has 0 amide bonds. The molecular formula is C12H18OS. The van der Waals surface area contributed by atoms with Gasteiger partial charge in [-0.15, -0.1) is 11.3 Å². The van der Waals surface area contributed by atoms with E-state index in [1.54, 1.807) is 11.3 Å². The molecule has 2 heteroatoms. The van der Waals surface area contributed by atoms with Crippen molar-refractivity contribution in [3.05, 3.63) is 22.4 Å². The summed E-state index contributed by atoms with van der Waals surface area (Å²) in [5, 5.41) is 12.7. The van der Waals surface area contributed by atoms with Crippen LogP contribution in [-0.2, 0) is 5.60 Å². The lowest BCUT2D eigenvalue weighted by Crippen LogP contribution is -2.37. The molecule has 0 radical (unpaired) electrons. The van der Waals surface area contributed by atoms with E-state index in [1.165, 1.54) is 0 Å². The van der Waals surface area contributed by atoms with Gasteiger partial charge in [-0.05, 0) is 42.5 Å². The smallest absolute Gasteiger partial charge is 0.101 e. The Labute approximate surface area is 89.8 Å². The monoisotopic (exact) mass is 210 g/mol. The first kappa shape index (κ1) is 10.2. The first-order chi connectivity index (χ1) is 6.63. The van der Waals surface area contributed by atoms with E-state index < -0.39 is 5.60 Å². The van der Waals surface area contributed by atoms with Crippen molar-refractivity contribution in [2.45, 2.75) is 38.7 Å². The van der Waals surface area contributed by atoms with Crippen LogP contribution < -0.4 is 0 Å². The van der Waals surface area contributed by atoms with E-state index in [0.29, 0.717) is 5.92 Å². The van der Waals surface area contributed by atoms with Gasteiger partial charge < -0.3 is 5.11 Å². The van der Waals surface area contributed by atoms with Crippen LogP contribution in [0.2, 0.25) is 0 Å². The van der Waals surface area contributed by atoms with Gasteiger partial charge in [0.15, 0.2) is 0 Å². The van der Waals surface area contributed by atoms with Gasteiger partial charge in [-0.1, -0.05) is 19.9 Å². The molecule has 3 unspecified atom stereocenters. The summed E-state index contributed by atoms with van der Waals surface area (Å²) in [5.41, 5.74) is -0.541. The highest BCUT2D eigenvalue weighted by atomic mass is 32.1. The molecule has 1 saturated carbocycles. The number of thiophene rings is 1. The lowest BCUT2D eigenvalue weighted by atomic mass is 9.71. The first-order valence-electron chi connectivity index (χ1n) is 5.39. The molecule has 0 aromatic carbocycles. The topological polar surface area (TPSA) is 20.2 Å². The SMILES string of the molecule is CC1CCC(O)(c2cccs2)C(C)C1. The largest absolute Gasteiger partial charge is 0.384 e. The van der Waals surface area contributed by atoms with Gasteiger partial charge in [-0.2, -0.15) is 0 Å². The van der Waals surface area contributed by atoms with Crippen molar-refractivity contribution in [3.8, 4) is 0 Å². The van der Waals surface area contributed by atoms with Crippen molar-refractivity contribution < 1.29 is 5.11 Å². The highest BCUT2D eigenvalue weighted by molar-refractivity contribution is 7.10.